The Hall–Kier alpha value is -2.08. The summed E-state index contributed by atoms with van der Waals surface area (Å²) in [6, 6.07) is 4.61. The average molecular weight is 265 g/mol. The lowest BCUT2D eigenvalue weighted by atomic mass is 10.1. The molecule has 0 heterocycles. The fourth-order valence-electron chi connectivity index (χ4n) is 1.53. The molecule has 6 heteroatoms. The molecule has 0 atom stereocenters. The van der Waals surface area contributed by atoms with Gasteiger partial charge in [-0.25, -0.2) is 0 Å². The fraction of sp³-hybridized carbons (Fsp3) is 0.385. The van der Waals surface area contributed by atoms with Crippen molar-refractivity contribution in [1.29, 1.82) is 0 Å². The van der Waals surface area contributed by atoms with Gasteiger partial charge in [0.25, 0.3) is 11.8 Å². The summed E-state index contributed by atoms with van der Waals surface area (Å²) in [5.74, 6) is -0.476. The predicted octanol–water partition coefficient (Wildman–Crippen LogP) is 0.347. The van der Waals surface area contributed by atoms with E-state index in [1.54, 1.807) is 27.3 Å². The molecule has 2 amide bonds. The smallest absolute Gasteiger partial charge is 0.253 e. The summed E-state index contributed by atoms with van der Waals surface area (Å²) in [5, 5.41) is 2.68. The number of anilines is 1. The van der Waals surface area contributed by atoms with E-state index in [-0.39, 0.29) is 11.8 Å². The zero-order valence-corrected chi connectivity index (χ0v) is 11.4. The Bertz CT molecular complexity index is 472. The van der Waals surface area contributed by atoms with Crippen LogP contribution >= 0.6 is 0 Å². The normalized spacial score (nSPS) is 10.1. The molecular weight excluding hydrogens is 246 g/mol. The van der Waals surface area contributed by atoms with Crippen molar-refractivity contribution in [2.75, 3.05) is 40.1 Å². The van der Waals surface area contributed by atoms with Crippen LogP contribution in [-0.4, -0.2) is 51.1 Å². The second-order valence-electron chi connectivity index (χ2n) is 4.29. The summed E-state index contributed by atoms with van der Waals surface area (Å²) in [7, 11) is 4.84. The molecule has 0 radical (unpaired) electrons. The molecule has 6 nitrogen and oxygen atoms in total. The summed E-state index contributed by atoms with van der Waals surface area (Å²) >= 11 is 0. The van der Waals surface area contributed by atoms with Crippen molar-refractivity contribution >= 4 is 17.5 Å². The Kier molecular flexibility index (Phi) is 5.32. The standard InChI is InChI=1S/C13H19N3O3/c1-16(2)13(18)10-6-9(7-11(14)8-10)12(17)15-4-5-19-3/h6-8H,4-5,14H2,1-3H3,(H,15,17). The van der Waals surface area contributed by atoms with E-state index in [9.17, 15) is 9.59 Å². The number of rotatable bonds is 5. The summed E-state index contributed by atoms with van der Waals surface area (Å²) in [6.45, 7) is 0.832. The first kappa shape index (κ1) is 15.0. The molecule has 0 unspecified atom stereocenters. The number of nitrogen functional groups attached to an aromatic ring is 1. The number of hydrogen-bond acceptors (Lipinski definition) is 4. The predicted molar refractivity (Wildman–Crippen MR) is 73.1 cm³/mol. The average Bonchev–Trinajstić information content (AvgIpc) is 2.37. The van der Waals surface area contributed by atoms with Gasteiger partial charge in [-0.1, -0.05) is 0 Å². The van der Waals surface area contributed by atoms with Gasteiger partial charge in [0, 0.05) is 44.6 Å². The largest absolute Gasteiger partial charge is 0.399 e. The Morgan fingerprint density at radius 2 is 1.89 bits per heavy atom. The highest BCUT2D eigenvalue weighted by Crippen LogP contribution is 2.13. The number of hydrogen-bond donors (Lipinski definition) is 2. The number of benzene rings is 1. The number of ether oxygens (including phenoxy) is 1. The van der Waals surface area contributed by atoms with Gasteiger partial charge in [-0.2, -0.15) is 0 Å². The molecule has 0 aliphatic carbocycles. The molecular formula is C13H19N3O3. The number of methoxy groups -OCH3 is 1. The highest BCUT2D eigenvalue weighted by molar-refractivity contribution is 6.00. The van der Waals surface area contributed by atoms with E-state index in [1.807, 2.05) is 0 Å². The number of carbonyl (C=O) groups excluding carboxylic acids is 2. The minimum absolute atomic E-state index is 0.196. The molecule has 1 rings (SSSR count). The van der Waals surface area contributed by atoms with Crippen molar-refractivity contribution in [2.45, 2.75) is 0 Å². The van der Waals surface area contributed by atoms with Crippen molar-refractivity contribution < 1.29 is 14.3 Å². The number of nitrogens with two attached hydrogens (primary N) is 1. The topological polar surface area (TPSA) is 84.7 Å². The van der Waals surface area contributed by atoms with E-state index >= 15 is 0 Å². The Labute approximate surface area is 112 Å². The third-order valence-electron chi connectivity index (χ3n) is 2.46. The van der Waals surface area contributed by atoms with Gasteiger partial charge in [0.15, 0.2) is 0 Å². The number of nitrogens with one attached hydrogen (secondary N) is 1. The van der Waals surface area contributed by atoms with Crippen molar-refractivity contribution in [1.82, 2.24) is 10.2 Å². The van der Waals surface area contributed by atoms with Crippen molar-refractivity contribution in [3.05, 3.63) is 29.3 Å². The number of carbonyl (C=O) groups is 2. The molecule has 0 spiro atoms. The molecule has 0 aromatic heterocycles. The molecule has 0 fully saturated rings. The van der Waals surface area contributed by atoms with Crippen LogP contribution in [-0.2, 0) is 4.74 Å². The molecule has 104 valence electrons. The zero-order valence-electron chi connectivity index (χ0n) is 11.4. The Balaban J connectivity index is 2.90. The Morgan fingerprint density at radius 1 is 1.26 bits per heavy atom. The van der Waals surface area contributed by atoms with Gasteiger partial charge >= 0.3 is 0 Å². The van der Waals surface area contributed by atoms with Gasteiger partial charge in [0.2, 0.25) is 0 Å². The van der Waals surface area contributed by atoms with Crippen LogP contribution in [0, 0.1) is 0 Å². The summed E-state index contributed by atoms with van der Waals surface area (Å²) in [4.78, 5) is 25.2. The van der Waals surface area contributed by atoms with Gasteiger partial charge < -0.3 is 20.7 Å². The maximum absolute atomic E-state index is 11.9. The van der Waals surface area contributed by atoms with E-state index in [0.29, 0.717) is 30.0 Å². The number of amides is 2. The molecule has 3 N–H and O–H groups in total. The minimum atomic E-state index is -0.280. The van der Waals surface area contributed by atoms with Gasteiger partial charge in [0.05, 0.1) is 6.61 Å². The SMILES string of the molecule is COCCNC(=O)c1cc(N)cc(C(=O)N(C)C)c1. The maximum atomic E-state index is 11.9. The second kappa shape index (κ2) is 6.75. The quantitative estimate of drug-likeness (QED) is 0.594. The van der Waals surface area contributed by atoms with Crippen molar-refractivity contribution in [2.24, 2.45) is 0 Å². The lowest BCUT2D eigenvalue weighted by molar-refractivity contribution is 0.0827. The highest BCUT2D eigenvalue weighted by atomic mass is 16.5. The van der Waals surface area contributed by atoms with Gasteiger partial charge in [0.1, 0.15) is 0 Å². The third kappa shape index (κ3) is 4.26. The minimum Gasteiger partial charge on any atom is -0.399 e. The van der Waals surface area contributed by atoms with Gasteiger partial charge in [-0.15, -0.1) is 0 Å². The first-order valence-electron chi connectivity index (χ1n) is 5.85. The molecule has 1 aromatic rings. The molecule has 0 aliphatic heterocycles. The second-order valence-corrected chi connectivity index (χ2v) is 4.29. The molecule has 0 bridgehead atoms. The van der Waals surface area contributed by atoms with Crippen LogP contribution < -0.4 is 11.1 Å². The summed E-state index contributed by atoms with van der Waals surface area (Å²) < 4.78 is 4.85. The summed E-state index contributed by atoms with van der Waals surface area (Å²) in [5.41, 5.74) is 6.85. The molecule has 1 aromatic carbocycles. The third-order valence-corrected chi connectivity index (χ3v) is 2.46. The van der Waals surface area contributed by atoms with Crippen LogP contribution in [0.3, 0.4) is 0 Å². The van der Waals surface area contributed by atoms with Crippen LogP contribution in [0.15, 0.2) is 18.2 Å². The van der Waals surface area contributed by atoms with E-state index in [1.165, 1.54) is 17.0 Å². The van der Waals surface area contributed by atoms with Gasteiger partial charge in [-0.05, 0) is 18.2 Å². The van der Waals surface area contributed by atoms with Crippen LogP contribution in [0.2, 0.25) is 0 Å². The van der Waals surface area contributed by atoms with Crippen LogP contribution in [0.1, 0.15) is 20.7 Å². The zero-order chi connectivity index (χ0) is 14.4. The highest BCUT2D eigenvalue weighted by Gasteiger charge is 2.13. The van der Waals surface area contributed by atoms with E-state index < -0.39 is 0 Å². The first-order chi connectivity index (χ1) is 8.95. The molecule has 0 saturated heterocycles. The lowest BCUT2D eigenvalue weighted by Crippen LogP contribution is -2.28. The van der Waals surface area contributed by atoms with E-state index in [4.69, 9.17) is 10.5 Å². The first-order valence-corrected chi connectivity index (χ1v) is 5.85. The maximum Gasteiger partial charge on any atom is 0.253 e. The Morgan fingerprint density at radius 3 is 2.47 bits per heavy atom. The molecule has 0 saturated carbocycles. The monoisotopic (exact) mass is 265 g/mol. The lowest BCUT2D eigenvalue weighted by Gasteiger charge is -2.12. The van der Waals surface area contributed by atoms with Crippen molar-refractivity contribution in [3.8, 4) is 0 Å². The van der Waals surface area contributed by atoms with Crippen molar-refractivity contribution in [3.63, 3.8) is 0 Å². The summed E-state index contributed by atoms with van der Waals surface area (Å²) in [6.07, 6.45) is 0. The van der Waals surface area contributed by atoms with E-state index in [2.05, 4.69) is 5.32 Å². The van der Waals surface area contributed by atoms with Gasteiger partial charge in [-0.3, -0.25) is 9.59 Å². The number of nitrogens with zero attached hydrogens (tertiary/aromatic N) is 1. The molecule has 0 aliphatic rings. The van der Waals surface area contributed by atoms with E-state index in [0.717, 1.165) is 0 Å². The fourth-order valence-corrected chi connectivity index (χ4v) is 1.53. The molecule has 19 heavy (non-hydrogen) atoms. The van der Waals surface area contributed by atoms with Crippen LogP contribution in [0.5, 0.6) is 0 Å². The van der Waals surface area contributed by atoms with Crippen LogP contribution in [0.4, 0.5) is 5.69 Å². The van der Waals surface area contributed by atoms with Crippen LogP contribution in [0.25, 0.3) is 0 Å².